The van der Waals surface area contributed by atoms with Crippen molar-refractivity contribution in [1.29, 1.82) is 0 Å². The molecule has 2 N–H and O–H groups in total. The first-order valence-corrected chi connectivity index (χ1v) is 6.83. The Kier molecular flexibility index (Phi) is 7.61. The minimum atomic E-state index is -0.388. The van der Waals surface area contributed by atoms with Crippen LogP contribution in [0.15, 0.2) is 0 Å². The monoisotopic (exact) mass is 235 g/mol. The van der Waals surface area contributed by atoms with Crippen molar-refractivity contribution in [1.82, 2.24) is 4.90 Å². The third kappa shape index (κ3) is 5.20. The van der Waals surface area contributed by atoms with Crippen LogP contribution in [-0.2, 0) is 0 Å². The molecule has 0 heterocycles. The van der Waals surface area contributed by atoms with Crippen LogP contribution in [0.3, 0.4) is 0 Å². The molecule has 1 atom stereocenters. The van der Waals surface area contributed by atoms with Crippen LogP contribution in [0.1, 0.15) is 20.3 Å². The second-order valence-electron chi connectivity index (χ2n) is 4.56. The zero-order valence-electron chi connectivity index (χ0n) is 10.4. The first-order valence-electron chi connectivity index (χ1n) is 5.44. The molecule has 0 aliphatic heterocycles. The molecule has 0 saturated carbocycles. The van der Waals surface area contributed by atoms with Gasteiger partial charge in [0.1, 0.15) is 0 Å². The summed E-state index contributed by atoms with van der Waals surface area (Å²) in [5, 5.41) is 18.5. The molecule has 0 aromatic carbocycles. The minimum Gasteiger partial charge on any atom is -0.396 e. The van der Waals surface area contributed by atoms with Crippen LogP contribution >= 0.6 is 11.8 Å². The van der Waals surface area contributed by atoms with Crippen LogP contribution in [0.5, 0.6) is 0 Å². The quantitative estimate of drug-likeness (QED) is 0.660. The summed E-state index contributed by atoms with van der Waals surface area (Å²) in [7, 11) is 2.06. The van der Waals surface area contributed by atoms with Crippen molar-refractivity contribution in [3.05, 3.63) is 0 Å². The topological polar surface area (TPSA) is 43.7 Å². The number of aliphatic hydroxyl groups is 2. The molecular weight excluding hydrogens is 210 g/mol. The molecule has 1 unspecified atom stereocenters. The number of rotatable bonds is 8. The van der Waals surface area contributed by atoms with Crippen molar-refractivity contribution in [3.8, 4) is 0 Å². The molecule has 0 rings (SSSR count). The molecule has 0 saturated heterocycles. The Hall–Kier alpha value is 0.230. The third-order valence-corrected chi connectivity index (χ3v) is 3.57. The van der Waals surface area contributed by atoms with E-state index in [0.717, 1.165) is 18.7 Å². The predicted octanol–water partition coefficient (Wildman–Crippen LogP) is 1.05. The minimum absolute atomic E-state index is 0.0313. The van der Waals surface area contributed by atoms with Gasteiger partial charge in [-0.1, -0.05) is 13.8 Å². The number of hydrogen-bond acceptors (Lipinski definition) is 4. The highest BCUT2D eigenvalue weighted by Gasteiger charge is 2.26. The molecule has 0 aliphatic rings. The molecule has 0 fully saturated rings. The van der Waals surface area contributed by atoms with Gasteiger partial charge in [0.2, 0.25) is 0 Å². The smallest absolute Gasteiger partial charge is 0.0519 e. The molecule has 0 radical (unpaired) electrons. The Morgan fingerprint density at radius 1 is 1.33 bits per heavy atom. The molecule has 0 spiro atoms. The maximum atomic E-state index is 9.23. The molecular formula is C11H25NO2S. The van der Waals surface area contributed by atoms with Gasteiger partial charge in [-0.3, -0.25) is 0 Å². The molecule has 3 nitrogen and oxygen atoms in total. The van der Waals surface area contributed by atoms with Gasteiger partial charge in [0, 0.05) is 23.8 Å². The van der Waals surface area contributed by atoms with Crippen LogP contribution in [0.4, 0.5) is 0 Å². The maximum Gasteiger partial charge on any atom is 0.0519 e. The lowest BCUT2D eigenvalue weighted by Crippen LogP contribution is -2.44. The lowest BCUT2D eigenvalue weighted by atomic mass is 9.92. The van der Waals surface area contributed by atoms with Crippen molar-refractivity contribution in [3.63, 3.8) is 0 Å². The van der Waals surface area contributed by atoms with Gasteiger partial charge in [0.25, 0.3) is 0 Å². The van der Waals surface area contributed by atoms with Gasteiger partial charge in [0.15, 0.2) is 0 Å². The van der Waals surface area contributed by atoms with Crippen molar-refractivity contribution in [2.45, 2.75) is 26.3 Å². The fourth-order valence-electron chi connectivity index (χ4n) is 1.63. The van der Waals surface area contributed by atoms with E-state index in [9.17, 15) is 10.2 Å². The van der Waals surface area contributed by atoms with E-state index >= 15 is 0 Å². The van der Waals surface area contributed by atoms with Gasteiger partial charge in [-0.15, -0.1) is 0 Å². The highest BCUT2D eigenvalue weighted by atomic mass is 32.2. The molecule has 0 aromatic rings. The highest BCUT2D eigenvalue weighted by molar-refractivity contribution is 7.98. The molecule has 0 aliphatic carbocycles. The summed E-state index contributed by atoms with van der Waals surface area (Å²) in [6.07, 6.45) is 3.21. The summed E-state index contributed by atoms with van der Waals surface area (Å²) in [5.74, 6) is 1.10. The molecule has 15 heavy (non-hydrogen) atoms. The average Bonchev–Trinajstić information content (AvgIpc) is 2.25. The number of nitrogens with zero attached hydrogens (tertiary/aromatic N) is 1. The van der Waals surface area contributed by atoms with E-state index in [2.05, 4.69) is 25.1 Å². The van der Waals surface area contributed by atoms with Crippen LogP contribution in [0.25, 0.3) is 0 Å². The molecule has 4 heteroatoms. The average molecular weight is 235 g/mol. The first kappa shape index (κ1) is 15.2. The Bertz CT molecular complexity index is 163. The summed E-state index contributed by atoms with van der Waals surface area (Å²) >= 11 is 1.84. The van der Waals surface area contributed by atoms with Gasteiger partial charge >= 0.3 is 0 Å². The Morgan fingerprint density at radius 2 is 1.87 bits per heavy atom. The summed E-state index contributed by atoms with van der Waals surface area (Å²) in [5.41, 5.74) is -0.388. The van der Waals surface area contributed by atoms with Crippen LogP contribution < -0.4 is 0 Å². The number of aliphatic hydroxyl groups excluding tert-OH is 2. The van der Waals surface area contributed by atoms with E-state index in [0.29, 0.717) is 6.04 Å². The third-order valence-electron chi connectivity index (χ3n) is 2.85. The zero-order valence-corrected chi connectivity index (χ0v) is 11.2. The normalized spacial score (nSPS) is 14.6. The molecule has 0 aromatic heterocycles. The van der Waals surface area contributed by atoms with E-state index in [-0.39, 0.29) is 18.6 Å². The molecule has 92 valence electrons. The Labute approximate surface area is 97.9 Å². The lowest BCUT2D eigenvalue weighted by Gasteiger charge is -2.34. The van der Waals surface area contributed by atoms with E-state index in [1.165, 1.54) is 0 Å². The fourth-order valence-corrected chi connectivity index (χ4v) is 2.51. The SMILES string of the molecule is CCC(CSC)N(C)CC(C)(CO)CO. The fraction of sp³-hybridized carbons (Fsp3) is 1.00. The second-order valence-corrected chi connectivity index (χ2v) is 5.47. The van der Waals surface area contributed by atoms with Gasteiger partial charge in [-0.2, -0.15) is 11.8 Å². The zero-order chi connectivity index (χ0) is 11.9. The Morgan fingerprint density at radius 3 is 2.20 bits per heavy atom. The van der Waals surface area contributed by atoms with Crippen molar-refractivity contribution >= 4 is 11.8 Å². The van der Waals surface area contributed by atoms with Gasteiger partial charge in [-0.05, 0) is 19.7 Å². The van der Waals surface area contributed by atoms with E-state index in [1.807, 2.05) is 18.7 Å². The maximum absolute atomic E-state index is 9.23. The van der Waals surface area contributed by atoms with Gasteiger partial charge < -0.3 is 15.1 Å². The summed E-state index contributed by atoms with van der Waals surface area (Å²) < 4.78 is 0. The highest BCUT2D eigenvalue weighted by Crippen LogP contribution is 2.18. The first-order chi connectivity index (χ1) is 7.02. The summed E-state index contributed by atoms with van der Waals surface area (Å²) in [4.78, 5) is 2.24. The van der Waals surface area contributed by atoms with Gasteiger partial charge in [0.05, 0.1) is 13.2 Å². The second kappa shape index (κ2) is 7.49. The van der Waals surface area contributed by atoms with Crippen LogP contribution in [-0.4, -0.2) is 60.0 Å². The van der Waals surface area contributed by atoms with Gasteiger partial charge in [-0.25, -0.2) is 0 Å². The summed E-state index contributed by atoms with van der Waals surface area (Å²) in [6.45, 7) is 4.88. The molecule has 0 bridgehead atoms. The van der Waals surface area contributed by atoms with Crippen molar-refractivity contribution in [2.24, 2.45) is 5.41 Å². The van der Waals surface area contributed by atoms with E-state index in [4.69, 9.17) is 0 Å². The number of hydrogen-bond donors (Lipinski definition) is 2. The van der Waals surface area contributed by atoms with E-state index in [1.54, 1.807) is 0 Å². The lowest BCUT2D eigenvalue weighted by molar-refractivity contribution is 0.0330. The standard InChI is InChI=1S/C11H25NO2S/c1-5-10(6-15-4)12(3)7-11(2,8-13)9-14/h10,13-14H,5-9H2,1-4H3. The largest absolute Gasteiger partial charge is 0.396 e. The van der Waals surface area contributed by atoms with Crippen molar-refractivity contribution < 1.29 is 10.2 Å². The predicted molar refractivity (Wildman–Crippen MR) is 67.4 cm³/mol. The summed E-state index contributed by atoms with van der Waals surface area (Å²) in [6, 6.07) is 0.525. The molecule has 0 amide bonds. The number of thioether (sulfide) groups is 1. The van der Waals surface area contributed by atoms with Crippen LogP contribution in [0, 0.1) is 5.41 Å². The Balaban J connectivity index is 4.24. The van der Waals surface area contributed by atoms with E-state index < -0.39 is 0 Å². The van der Waals surface area contributed by atoms with Crippen LogP contribution in [0.2, 0.25) is 0 Å². The van der Waals surface area contributed by atoms with Crippen molar-refractivity contribution in [2.75, 3.05) is 38.8 Å².